The van der Waals surface area contributed by atoms with E-state index in [2.05, 4.69) is 9.97 Å². The Morgan fingerprint density at radius 2 is 2.47 bits per heavy atom. The number of rotatable bonds is 4. The molecule has 1 atom stereocenters. The molecule has 2 aromatic rings. The first-order valence-electron chi connectivity index (χ1n) is 6.43. The van der Waals surface area contributed by atoms with E-state index in [4.69, 9.17) is 9.47 Å². The maximum atomic E-state index is 5.74. The SMILES string of the molecule is Cc1ncccc1OCc1csc(C2CCCO2)n1. The minimum atomic E-state index is 0.193. The van der Waals surface area contributed by atoms with Crippen LogP contribution in [0.4, 0.5) is 0 Å². The number of hydrogen-bond acceptors (Lipinski definition) is 5. The summed E-state index contributed by atoms with van der Waals surface area (Å²) in [6.07, 6.45) is 4.17. The number of hydrogen-bond donors (Lipinski definition) is 0. The molecule has 1 unspecified atom stereocenters. The first-order valence-corrected chi connectivity index (χ1v) is 7.31. The summed E-state index contributed by atoms with van der Waals surface area (Å²) >= 11 is 1.65. The van der Waals surface area contributed by atoms with E-state index >= 15 is 0 Å². The number of nitrogens with zero attached hydrogens (tertiary/aromatic N) is 2. The zero-order valence-corrected chi connectivity index (χ0v) is 11.7. The van der Waals surface area contributed by atoms with Gasteiger partial charge in [0.05, 0.1) is 11.4 Å². The van der Waals surface area contributed by atoms with Crippen molar-refractivity contribution < 1.29 is 9.47 Å². The van der Waals surface area contributed by atoms with Gasteiger partial charge in [0.1, 0.15) is 23.5 Å². The van der Waals surface area contributed by atoms with E-state index in [1.807, 2.05) is 24.4 Å². The van der Waals surface area contributed by atoms with Gasteiger partial charge in [-0.1, -0.05) is 0 Å². The molecule has 100 valence electrons. The Morgan fingerprint density at radius 1 is 1.53 bits per heavy atom. The largest absolute Gasteiger partial charge is 0.485 e. The molecule has 0 spiro atoms. The molecule has 3 rings (SSSR count). The molecule has 2 aromatic heterocycles. The molecule has 0 bridgehead atoms. The van der Waals surface area contributed by atoms with Crippen molar-refractivity contribution in [3.63, 3.8) is 0 Å². The summed E-state index contributed by atoms with van der Waals surface area (Å²) in [5.74, 6) is 0.814. The van der Waals surface area contributed by atoms with Crippen LogP contribution in [0, 0.1) is 6.92 Å². The summed E-state index contributed by atoms with van der Waals surface area (Å²) in [7, 11) is 0. The fraction of sp³-hybridized carbons (Fsp3) is 0.429. The molecular weight excluding hydrogens is 260 g/mol. The van der Waals surface area contributed by atoms with Gasteiger partial charge in [0.2, 0.25) is 0 Å². The van der Waals surface area contributed by atoms with Crippen LogP contribution in [0.3, 0.4) is 0 Å². The van der Waals surface area contributed by atoms with Gasteiger partial charge >= 0.3 is 0 Å². The van der Waals surface area contributed by atoms with Crippen molar-refractivity contribution >= 4 is 11.3 Å². The van der Waals surface area contributed by atoms with Crippen molar-refractivity contribution in [2.75, 3.05) is 6.61 Å². The molecule has 0 radical (unpaired) electrons. The van der Waals surface area contributed by atoms with Crippen molar-refractivity contribution in [1.29, 1.82) is 0 Å². The normalized spacial score (nSPS) is 18.7. The molecule has 1 aliphatic rings. The zero-order chi connectivity index (χ0) is 13.1. The van der Waals surface area contributed by atoms with Gasteiger partial charge in [-0.3, -0.25) is 4.98 Å². The Morgan fingerprint density at radius 3 is 3.26 bits per heavy atom. The smallest absolute Gasteiger partial charge is 0.141 e. The fourth-order valence-electron chi connectivity index (χ4n) is 2.08. The topological polar surface area (TPSA) is 44.2 Å². The highest BCUT2D eigenvalue weighted by Gasteiger charge is 2.20. The van der Waals surface area contributed by atoms with Crippen LogP contribution in [0.2, 0.25) is 0 Å². The molecule has 19 heavy (non-hydrogen) atoms. The van der Waals surface area contributed by atoms with Crippen molar-refractivity contribution in [3.05, 3.63) is 40.1 Å². The number of aromatic nitrogens is 2. The zero-order valence-electron chi connectivity index (χ0n) is 10.8. The van der Waals surface area contributed by atoms with Gasteiger partial charge < -0.3 is 9.47 Å². The van der Waals surface area contributed by atoms with Gasteiger partial charge in [0, 0.05) is 18.2 Å². The molecule has 1 aliphatic heterocycles. The maximum Gasteiger partial charge on any atom is 0.141 e. The van der Waals surface area contributed by atoms with E-state index in [9.17, 15) is 0 Å². The van der Waals surface area contributed by atoms with Crippen LogP contribution in [0.5, 0.6) is 5.75 Å². The van der Waals surface area contributed by atoms with E-state index in [-0.39, 0.29) is 6.10 Å². The monoisotopic (exact) mass is 276 g/mol. The van der Waals surface area contributed by atoms with Crippen molar-refractivity contribution in [2.45, 2.75) is 32.5 Å². The first-order chi connectivity index (χ1) is 9.33. The third-order valence-corrected chi connectivity index (χ3v) is 4.09. The second-order valence-corrected chi connectivity index (χ2v) is 5.44. The van der Waals surface area contributed by atoms with Gasteiger partial charge in [-0.15, -0.1) is 11.3 Å². The lowest BCUT2D eigenvalue weighted by atomic mass is 10.2. The Hall–Kier alpha value is -1.46. The van der Waals surface area contributed by atoms with E-state index in [0.717, 1.165) is 41.6 Å². The summed E-state index contributed by atoms with van der Waals surface area (Å²) < 4.78 is 11.4. The second-order valence-electron chi connectivity index (χ2n) is 4.55. The molecule has 0 saturated carbocycles. The molecule has 5 heteroatoms. The summed E-state index contributed by atoms with van der Waals surface area (Å²) in [4.78, 5) is 8.78. The number of aryl methyl sites for hydroxylation is 1. The minimum Gasteiger partial charge on any atom is -0.485 e. The van der Waals surface area contributed by atoms with Crippen LogP contribution in [0.15, 0.2) is 23.7 Å². The molecule has 1 fully saturated rings. The van der Waals surface area contributed by atoms with Crippen molar-refractivity contribution in [1.82, 2.24) is 9.97 Å². The predicted octanol–water partition coefficient (Wildman–Crippen LogP) is 3.28. The summed E-state index contributed by atoms with van der Waals surface area (Å²) in [6.45, 7) is 3.27. The van der Waals surface area contributed by atoms with E-state index in [0.29, 0.717) is 6.61 Å². The molecular formula is C14H16N2O2S. The highest BCUT2D eigenvalue weighted by Crippen LogP contribution is 2.30. The molecule has 0 aliphatic carbocycles. The molecule has 1 saturated heterocycles. The average Bonchev–Trinajstić information content (AvgIpc) is 3.09. The van der Waals surface area contributed by atoms with Crippen LogP contribution < -0.4 is 4.74 Å². The second kappa shape index (κ2) is 5.67. The maximum absolute atomic E-state index is 5.74. The first kappa shape index (κ1) is 12.6. The Balaban J connectivity index is 1.63. The molecule has 0 amide bonds. The molecule has 4 nitrogen and oxygen atoms in total. The third-order valence-electron chi connectivity index (χ3n) is 3.11. The average molecular weight is 276 g/mol. The minimum absolute atomic E-state index is 0.193. The molecule has 0 aromatic carbocycles. The van der Waals surface area contributed by atoms with Gasteiger partial charge in [0.25, 0.3) is 0 Å². The third kappa shape index (κ3) is 2.93. The van der Waals surface area contributed by atoms with E-state index in [1.165, 1.54) is 0 Å². The van der Waals surface area contributed by atoms with E-state index in [1.54, 1.807) is 17.5 Å². The van der Waals surface area contributed by atoms with Crippen molar-refractivity contribution in [3.8, 4) is 5.75 Å². The molecule has 3 heterocycles. The van der Waals surface area contributed by atoms with Crippen LogP contribution in [0.1, 0.15) is 35.3 Å². The summed E-state index contributed by atoms with van der Waals surface area (Å²) in [5.41, 5.74) is 1.86. The fourth-order valence-corrected chi connectivity index (χ4v) is 2.97. The quantitative estimate of drug-likeness (QED) is 0.859. The van der Waals surface area contributed by atoms with Gasteiger partial charge in [-0.05, 0) is 31.9 Å². The van der Waals surface area contributed by atoms with Crippen LogP contribution in [0.25, 0.3) is 0 Å². The van der Waals surface area contributed by atoms with E-state index < -0.39 is 0 Å². The van der Waals surface area contributed by atoms with Crippen molar-refractivity contribution in [2.24, 2.45) is 0 Å². The Kier molecular flexibility index (Phi) is 3.75. The molecule has 0 N–H and O–H groups in total. The van der Waals surface area contributed by atoms with Gasteiger partial charge in [-0.25, -0.2) is 4.98 Å². The highest BCUT2D eigenvalue weighted by molar-refractivity contribution is 7.09. The highest BCUT2D eigenvalue weighted by atomic mass is 32.1. The van der Waals surface area contributed by atoms with Gasteiger partial charge in [0.15, 0.2) is 0 Å². The van der Waals surface area contributed by atoms with Crippen LogP contribution in [-0.4, -0.2) is 16.6 Å². The van der Waals surface area contributed by atoms with Gasteiger partial charge in [-0.2, -0.15) is 0 Å². The predicted molar refractivity (Wildman–Crippen MR) is 73.3 cm³/mol. The number of ether oxygens (including phenoxy) is 2. The summed E-state index contributed by atoms with van der Waals surface area (Å²) in [5, 5.41) is 3.11. The Labute approximate surface area is 116 Å². The lowest BCUT2D eigenvalue weighted by molar-refractivity contribution is 0.111. The lowest BCUT2D eigenvalue weighted by Gasteiger charge is -2.06. The van der Waals surface area contributed by atoms with Crippen LogP contribution >= 0.6 is 11.3 Å². The number of thiazole rings is 1. The standard InChI is InChI=1S/C14H16N2O2S/c1-10-12(4-2-6-15-10)18-8-11-9-19-14(16-11)13-5-3-7-17-13/h2,4,6,9,13H,3,5,7-8H2,1H3. The lowest BCUT2D eigenvalue weighted by Crippen LogP contribution is -2.00. The Bertz CT molecular complexity index is 550. The number of pyridine rings is 1. The summed E-state index contributed by atoms with van der Waals surface area (Å²) in [6, 6.07) is 3.80. The van der Waals surface area contributed by atoms with Crippen LogP contribution in [-0.2, 0) is 11.3 Å².